The number of ether oxygens (including phenoxy) is 2. The van der Waals surface area contributed by atoms with Crippen molar-refractivity contribution in [1.29, 1.82) is 0 Å². The zero-order valence-corrected chi connectivity index (χ0v) is 18.3. The van der Waals surface area contributed by atoms with Gasteiger partial charge in [0.1, 0.15) is 12.2 Å². The number of carbonyl (C=O) groups excluding carboxylic acids is 2. The summed E-state index contributed by atoms with van der Waals surface area (Å²) >= 11 is 0. The third-order valence-electron chi connectivity index (χ3n) is 4.76. The molecule has 0 aromatic heterocycles. The molecule has 2 aromatic carbocycles. The molecule has 1 heterocycles. The Morgan fingerprint density at radius 3 is 2.60 bits per heavy atom. The van der Waals surface area contributed by atoms with Crippen molar-refractivity contribution in [1.82, 2.24) is 5.32 Å². The van der Waals surface area contributed by atoms with Gasteiger partial charge in [-0.05, 0) is 38.1 Å². The number of nitrogens with one attached hydrogen (secondary N) is 2. The lowest BCUT2D eigenvalue weighted by Crippen LogP contribution is -2.29. The number of para-hydroxylation sites is 1. The van der Waals surface area contributed by atoms with Crippen LogP contribution in [0.5, 0.6) is 11.5 Å². The molecule has 160 valence electrons. The standard InChI is InChI=1S/C24H30N2O4/c1-23(2,3)22(28)26-18-10-6-8-16(14-18)21(27)25-12-13-29-19-11-7-9-17-15-24(4,5)30-20(17)19/h6-11,14H,12-13,15H2,1-5H3,(H,25,27)(H,26,28). The van der Waals surface area contributed by atoms with Gasteiger partial charge in [-0.15, -0.1) is 0 Å². The van der Waals surface area contributed by atoms with Gasteiger partial charge in [0.2, 0.25) is 5.91 Å². The molecule has 1 aliphatic heterocycles. The maximum absolute atomic E-state index is 12.5. The Kier molecular flexibility index (Phi) is 6.06. The van der Waals surface area contributed by atoms with Gasteiger partial charge in [0, 0.05) is 28.7 Å². The van der Waals surface area contributed by atoms with Gasteiger partial charge in [0.15, 0.2) is 11.5 Å². The van der Waals surface area contributed by atoms with E-state index in [0.29, 0.717) is 30.2 Å². The topological polar surface area (TPSA) is 76.7 Å². The molecule has 0 unspecified atom stereocenters. The van der Waals surface area contributed by atoms with E-state index >= 15 is 0 Å². The predicted molar refractivity (Wildman–Crippen MR) is 117 cm³/mol. The number of fused-ring (bicyclic) bond motifs is 1. The van der Waals surface area contributed by atoms with E-state index in [0.717, 1.165) is 17.7 Å². The Bertz CT molecular complexity index is 944. The summed E-state index contributed by atoms with van der Waals surface area (Å²) in [6, 6.07) is 12.8. The van der Waals surface area contributed by atoms with Crippen molar-refractivity contribution in [3.8, 4) is 11.5 Å². The summed E-state index contributed by atoms with van der Waals surface area (Å²) in [6.45, 7) is 10.3. The van der Waals surface area contributed by atoms with E-state index in [1.54, 1.807) is 24.3 Å². The summed E-state index contributed by atoms with van der Waals surface area (Å²) in [5, 5.41) is 5.69. The lowest BCUT2D eigenvalue weighted by Gasteiger charge is -2.18. The maximum atomic E-state index is 12.5. The van der Waals surface area contributed by atoms with Gasteiger partial charge in [0.05, 0.1) is 6.54 Å². The predicted octanol–water partition coefficient (Wildman–Crippen LogP) is 4.19. The van der Waals surface area contributed by atoms with Crippen molar-refractivity contribution in [3.63, 3.8) is 0 Å². The highest BCUT2D eigenvalue weighted by molar-refractivity contribution is 5.98. The minimum absolute atomic E-state index is 0.103. The van der Waals surface area contributed by atoms with E-state index in [1.807, 2.05) is 39.0 Å². The van der Waals surface area contributed by atoms with Gasteiger partial charge >= 0.3 is 0 Å². The van der Waals surface area contributed by atoms with Crippen LogP contribution >= 0.6 is 0 Å². The van der Waals surface area contributed by atoms with Gasteiger partial charge in [-0.2, -0.15) is 0 Å². The fourth-order valence-corrected chi connectivity index (χ4v) is 3.19. The highest BCUT2D eigenvalue weighted by Crippen LogP contribution is 2.41. The lowest BCUT2D eigenvalue weighted by molar-refractivity contribution is -0.123. The second kappa shape index (κ2) is 8.38. The van der Waals surface area contributed by atoms with Gasteiger partial charge in [-0.3, -0.25) is 9.59 Å². The molecular formula is C24H30N2O4. The Morgan fingerprint density at radius 2 is 1.87 bits per heavy atom. The number of amides is 2. The maximum Gasteiger partial charge on any atom is 0.251 e. The van der Waals surface area contributed by atoms with Crippen molar-refractivity contribution in [2.45, 2.75) is 46.6 Å². The second-order valence-electron chi connectivity index (χ2n) is 9.17. The molecule has 2 aromatic rings. The van der Waals surface area contributed by atoms with E-state index in [9.17, 15) is 9.59 Å². The molecule has 6 heteroatoms. The normalized spacial score (nSPS) is 14.4. The van der Waals surface area contributed by atoms with Gasteiger partial charge < -0.3 is 20.1 Å². The van der Waals surface area contributed by atoms with Crippen molar-refractivity contribution >= 4 is 17.5 Å². The van der Waals surface area contributed by atoms with Crippen molar-refractivity contribution < 1.29 is 19.1 Å². The first-order valence-corrected chi connectivity index (χ1v) is 10.2. The first-order valence-electron chi connectivity index (χ1n) is 10.2. The molecule has 0 spiro atoms. The van der Waals surface area contributed by atoms with E-state index < -0.39 is 5.41 Å². The SMILES string of the molecule is CC1(C)Cc2cccc(OCCNC(=O)c3cccc(NC(=O)C(C)(C)C)c3)c2O1. The summed E-state index contributed by atoms with van der Waals surface area (Å²) in [5.41, 5.74) is 1.47. The first kappa shape index (κ1) is 21.7. The van der Waals surface area contributed by atoms with Crippen LogP contribution in [0, 0.1) is 5.41 Å². The van der Waals surface area contributed by atoms with Crippen LogP contribution in [0.4, 0.5) is 5.69 Å². The molecule has 0 atom stereocenters. The fourth-order valence-electron chi connectivity index (χ4n) is 3.19. The van der Waals surface area contributed by atoms with Gasteiger partial charge in [-0.1, -0.05) is 39.0 Å². The van der Waals surface area contributed by atoms with E-state index in [1.165, 1.54) is 0 Å². The largest absolute Gasteiger partial charge is 0.488 e. The van der Waals surface area contributed by atoms with Gasteiger partial charge in [-0.25, -0.2) is 0 Å². The summed E-state index contributed by atoms with van der Waals surface area (Å²) in [6.07, 6.45) is 0.846. The Morgan fingerprint density at radius 1 is 1.13 bits per heavy atom. The number of rotatable bonds is 6. The minimum atomic E-state index is -0.508. The summed E-state index contributed by atoms with van der Waals surface area (Å²) < 4.78 is 11.8. The molecule has 0 aliphatic carbocycles. The van der Waals surface area contributed by atoms with E-state index in [2.05, 4.69) is 24.5 Å². The van der Waals surface area contributed by atoms with Crippen molar-refractivity contribution in [2.75, 3.05) is 18.5 Å². The van der Waals surface area contributed by atoms with Crippen LogP contribution in [-0.2, 0) is 11.2 Å². The highest BCUT2D eigenvalue weighted by atomic mass is 16.5. The molecule has 0 fully saturated rings. The fraction of sp³-hybridized carbons (Fsp3) is 0.417. The lowest BCUT2D eigenvalue weighted by atomic mass is 9.95. The van der Waals surface area contributed by atoms with Crippen LogP contribution in [0.25, 0.3) is 0 Å². The monoisotopic (exact) mass is 410 g/mol. The molecule has 0 bridgehead atoms. The van der Waals surface area contributed by atoms with Crippen LogP contribution in [0.15, 0.2) is 42.5 Å². The molecule has 1 aliphatic rings. The molecular weight excluding hydrogens is 380 g/mol. The summed E-state index contributed by atoms with van der Waals surface area (Å²) in [5.74, 6) is 1.16. The van der Waals surface area contributed by atoms with E-state index in [-0.39, 0.29) is 17.4 Å². The Labute approximate surface area is 178 Å². The number of carbonyl (C=O) groups is 2. The van der Waals surface area contributed by atoms with Crippen LogP contribution < -0.4 is 20.1 Å². The first-order chi connectivity index (χ1) is 14.0. The van der Waals surface area contributed by atoms with Crippen LogP contribution in [-0.4, -0.2) is 30.6 Å². The average Bonchev–Trinajstić information content (AvgIpc) is 2.99. The zero-order chi connectivity index (χ0) is 21.9. The van der Waals surface area contributed by atoms with Crippen LogP contribution in [0.3, 0.4) is 0 Å². The third-order valence-corrected chi connectivity index (χ3v) is 4.76. The van der Waals surface area contributed by atoms with Crippen molar-refractivity contribution in [3.05, 3.63) is 53.6 Å². The minimum Gasteiger partial charge on any atom is -0.488 e. The summed E-state index contributed by atoms with van der Waals surface area (Å²) in [4.78, 5) is 24.6. The second-order valence-corrected chi connectivity index (χ2v) is 9.17. The average molecular weight is 411 g/mol. The molecule has 30 heavy (non-hydrogen) atoms. The number of benzene rings is 2. The quantitative estimate of drug-likeness (QED) is 0.700. The Balaban J connectivity index is 1.52. The zero-order valence-electron chi connectivity index (χ0n) is 18.3. The number of hydrogen-bond acceptors (Lipinski definition) is 4. The summed E-state index contributed by atoms with van der Waals surface area (Å²) in [7, 11) is 0. The highest BCUT2D eigenvalue weighted by Gasteiger charge is 2.32. The van der Waals surface area contributed by atoms with Gasteiger partial charge in [0.25, 0.3) is 5.91 Å². The molecule has 0 saturated heterocycles. The molecule has 2 amide bonds. The van der Waals surface area contributed by atoms with Crippen LogP contribution in [0.1, 0.15) is 50.5 Å². The molecule has 0 saturated carbocycles. The number of hydrogen-bond donors (Lipinski definition) is 2. The Hall–Kier alpha value is -3.02. The number of anilines is 1. The third kappa shape index (κ3) is 5.32. The van der Waals surface area contributed by atoms with Crippen LogP contribution in [0.2, 0.25) is 0 Å². The van der Waals surface area contributed by atoms with Crippen molar-refractivity contribution in [2.24, 2.45) is 5.41 Å². The van der Waals surface area contributed by atoms with E-state index in [4.69, 9.17) is 9.47 Å². The molecule has 2 N–H and O–H groups in total. The molecule has 6 nitrogen and oxygen atoms in total. The smallest absolute Gasteiger partial charge is 0.251 e. The molecule has 0 radical (unpaired) electrons. The molecule has 3 rings (SSSR count).